The van der Waals surface area contributed by atoms with Gasteiger partial charge >= 0.3 is 11.9 Å². The van der Waals surface area contributed by atoms with Gasteiger partial charge in [-0.1, -0.05) is 57.2 Å². The second kappa shape index (κ2) is 12.1. The minimum Gasteiger partial charge on any atom is -0.490 e. The van der Waals surface area contributed by atoms with Crippen molar-refractivity contribution in [3.63, 3.8) is 0 Å². The molecule has 0 saturated heterocycles. The van der Waals surface area contributed by atoms with E-state index in [2.05, 4.69) is 6.58 Å². The highest BCUT2D eigenvalue weighted by atomic mass is 35.5. The summed E-state index contributed by atoms with van der Waals surface area (Å²) < 4.78 is 16.2. The van der Waals surface area contributed by atoms with Gasteiger partial charge < -0.3 is 14.2 Å². The number of carbonyl (C=O) groups is 2. The highest BCUT2D eigenvalue weighted by Crippen LogP contribution is 2.24. The molecule has 0 aliphatic heterocycles. The van der Waals surface area contributed by atoms with Crippen LogP contribution in [0.2, 0.25) is 0 Å². The summed E-state index contributed by atoms with van der Waals surface area (Å²) in [6.07, 6.45) is 2.47. The average molecular weight is 479 g/mol. The minimum atomic E-state index is -0.714. The lowest BCUT2D eigenvalue weighted by atomic mass is 10.0. The average Bonchev–Trinajstić information content (AvgIpc) is 2.88. The van der Waals surface area contributed by atoms with Crippen LogP contribution in [-0.4, -0.2) is 23.9 Å². The molecule has 6 heteroatoms. The first-order valence-corrected chi connectivity index (χ1v) is 11.5. The molecule has 0 spiro atoms. The van der Waals surface area contributed by atoms with E-state index in [1.165, 1.54) is 0 Å². The predicted octanol–water partition coefficient (Wildman–Crippen LogP) is 6.70. The summed E-state index contributed by atoms with van der Waals surface area (Å²) in [5.41, 5.74) is 2.39. The number of hydrogen-bond acceptors (Lipinski definition) is 5. The number of benzene rings is 3. The molecule has 3 aromatic carbocycles. The Bertz CT molecular complexity index is 1110. The topological polar surface area (TPSA) is 61.8 Å². The van der Waals surface area contributed by atoms with Gasteiger partial charge in [-0.05, 0) is 65.6 Å². The van der Waals surface area contributed by atoms with E-state index >= 15 is 0 Å². The van der Waals surface area contributed by atoms with Crippen LogP contribution in [0.4, 0.5) is 0 Å². The predicted molar refractivity (Wildman–Crippen MR) is 134 cm³/mol. The van der Waals surface area contributed by atoms with E-state index in [1.54, 1.807) is 42.5 Å². The minimum absolute atomic E-state index is 0.0106. The van der Waals surface area contributed by atoms with Gasteiger partial charge in [0.25, 0.3) is 0 Å². The highest BCUT2D eigenvalue weighted by molar-refractivity contribution is 6.30. The third-order valence-electron chi connectivity index (χ3n) is 5.30. The summed E-state index contributed by atoms with van der Waals surface area (Å²) in [7, 11) is 0. The molecule has 0 aliphatic carbocycles. The normalized spacial score (nSPS) is 12.3. The van der Waals surface area contributed by atoms with Gasteiger partial charge in [-0.25, -0.2) is 4.79 Å². The van der Waals surface area contributed by atoms with Crippen molar-refractivity contribution in [2.45, 2.75) is 25.6 Å². The largest absolute Gasteiger partial charge is 0.490 e. The van der Waals surface area contributed by atoms with E-state index in [0.717, 1.165) is 23.3 Å². The molecule has 0 amide bonds. The van der Waals surface area contributed by atoms with E-state index in [0.29, 0.717) is 23.7 Å². The second-order valence-corrected chi connectivity index (χ2v) is 8.24. The lowest BCUT2D eigenvalue weighted by Crippen LogP contribution is -2.26. The van der Waals surface area contributed by atoms with Crippen LogP contribution >= 0.6 is 11.6 Å². The molecule has 176 valence electrons. The number of ether oxygens (including phenoxy) is 3. The van der Waals surface area contributed by atoms with Crippen molar-refractivity contribution in [2.24, 2.45) is 5.92 Å². The van der Waals surface area contributed by atoms with Crippen LogP contribution in [0, 0.1) is 5.92 Å². The Balaban J connectivity index is 1.58. The van der Waals surface area contributed by atoms with Gasteiger partial charge in [0.05, 0.1) is 5.56 Å². The zero-order valence-corrected chi connectivity index (χ0v) is 20.0. The van der Waals surface area contributed by atoms with Crippen molar-refractivity contribution in [2.75, 3.05) is 6.61 Å². The number of rotatable bonds is 10. The Morgan fingerprint density at radius 2 is 1.35 bits per heavy atom. The molecule has 2 unspecified atom stereocenters. The lowest BCUT2D eigenvalue weighted by Gasteiger charge is -2.15. The molecular weight excluding hydrogens is 452 g/mol. The number of alkyl halides is 1. The number of hydrogen-bond donors (Lipinski definition) is 0. The molecule has 0 radical (unpaired) electrons. The van der Waals surface area contributed by atoms with Gasteiger partial charge in [-0.2, -0.15) is 0 Å². The van der Waals surface area contributed by atoms with Crippen molar-refractivity contribution >= 4 is 23.5 Å². The Hall–Kier alpha value is -3.57. The molecule has 0 aliphatic rings. The van der Waals surface area contributed by atoms with Crippen molar-refractivity contribution in [1.29, 1.82) is 0 Å². The van der Waals surface area contributed by atoms with Crippen LogP contribution in [-0.2, 0) is 4.79 Å². The Labute approximate surface area is 204 Å². The molecular formula is C28H27ClO5. The van der Waals surface area contributed by atoms with E-state index in [9.17, 15) is 9.59 Å². The van der Waals surface area contributed by atoms with Crippen LogP contribution in [0.1, 0.15) is 30.6 Å². The van der Waals surface area contributed by atoms with Crippen molar-refractivity contribution < 1.29 is 23.8 Å². The molecule has 0 bridgehead atoms. The third kappa shape index (κ3) is 6.72. The smallest absolute Gasteiger partial charge is 0.343 e. The summed E-state index contributed by atoms with van der Waals surface area (Å²) >= 11 is 6.12. The molecule has 2 atom stereocenters. The molecule has 0 aromatic heterocycles. The Kier molecular flexibility index (Phi) is 8.88. The van der Waals surface area contributed by atoms with E-state index < -0.39 is 17.3 Å². The maximum Gasteiger partial charge on any atom is 0.343 e. The van der Waals surface area contributed by atoms with Crippen LogP contribution in [0.15, 0.2) is 85.5 Å². The number of carbonyl (C=O) groups excluding carboxylic acids is 2. The molecule has 0 N–H and O–H groups in total. The van der Waals surface area contributed by atoms with Crippen LogP contribution < -0.4 is 14.2 Å². The van der Waals surface area contributed by atoms with E-state index in [-0.39, 0.29) is 5.92 Å². The summed E-state index contributed by atoms with van der Waals surface area (Å²) in [5, 5.41) is -0.714. The maximum absolute atomic E-state index is 12.5. The number of halogens is 1. The standard InChI is InChI=1S/C28H27ClO5/c1-4-18-32-23-12-10-21(11-13-23)20-6-8-22(9-7-20)27(30)33-24-14-16-25(17-15-24)34-28(31)26(29)19(3)5-2/h4,6-17,19,26H,1,5,18H2,2-3H3. The third-order valence-corrected chi connectivity index (χ3v) is 5.91. The molecule has 3 rings (SSSR count). The Morgan fingerprint density at radius 1 is 0.853 bits per heavy atom. The fraction of sp³-hybridized carbons (Fsp3) is 0.214. The summed E-state index contributed by atoms with van der Waals surface area (Å²) in [6.45, 7) is 7.94. The second-order valence-electron chi connectivity index (χ2n) is 7.77. The van der Waals surface area contributed by atoms with E-state index in [1.807, 2.05) is 50.2 Å². The Morgan fingerprint density at radius 3 is 1.88 bits per heavy atom. The first-order chi connectivity index (χ1) is 16.4. The summed E-state index contributed by atoms with van der Waals surface area (Å²) in [4.78, 5) is 24.6. The molecule has 34 heavy (non-hydrogen) atoms. The fourth-order valence-corrected chi connectivity index (χ4v) is 3.27. The van der Waals surface area contributed by atoms with Gasteiger partial charge in [0, 0.05) is 0 Å². The van der Waals surface area contributed by atoms with Crippen molar-refractivity contribution in [1.82, 2.24) is 0 Å². The lowest BCUT2D eigenvalue weighted by molar-refractivity contribution is -0.134. The first kappa shape index (κ1) is 25.1. The highest BCUT2D eigenvalue weighted by Gasteiger charge is 2.23. The number of esters is 2. The summed E-state index contributed by atoms with van der Waals surface area (Å²) in [6, 6.07) is 21.1. The van der Waals surface area contributed by atoms with Gasteiger partial charge in [-0.15, -0.1) is 11.6 Å². The van der Waals surface area contributed by atoms with Crippen molar-refractivity contribution in [3.8, 4) is 28.4 Å². The maximum atomic E-state index is 12.5. The van der Waals surface area contributed by atoms with Crippen molar-refractivity contribution in [3.05, 3.63) is 91.0 Å². The molecule has 0 saturated carbocycles. The zero-order chi connectivity index (χ0) is 24.5. The summed E-state index contributed by atoms with van der Waals surface area (Å²) in [5.74, 6) is 0.471. The van der Waals surface area contributed by atoms with Gasteiger partial charge in [0.1, 0.15) is 29.2 Å². The monoisotopic (exact) mass is 478 g/mol. The van der Waals surface area contributed by atoms with Crippen LogP contribution in [0.25, 0.3) is 11.1 Å². The fourth-order valence-electron chi connectivity index (χ4n) is 3.05. The van der Waals surface area contributed by atoms with Crippen LogP contribution in [0.3, 0.4) is 0 Å². The van der Waals surface area contributed by atoms with E-state index in [4.69, 9.17) is 25.8 Å². The molecule has 0 fully saturated rings. The molecule has 0 heterocycles. The first-order valence-electron chi connectivity index (χ1n) is 11.0. The van der Waals surface area contributed by atoms with Gasteiger partial charge in [0.15, 0.2) is 0 Å². The van der Waals surface area contributed by atoms with Crippen LogP contribution in [0.5, 0.6) is 17.2 Å². The SMILES string of the molecule is C=CCOc1ccc(-c2ccc(C(=O)Oc3ccc(OC(=O)C(Cl)C(C)CC)cc3)cc2)cc1. The quantitative estimate of drug-likeness (QED) is 0.140. The molecule has 5 nitrogen and oxygen atoms in total. The zero-order valence-electron chi connectivity index (χ0n) is 19.2. The van der Waals surface area contributed by atoms with Gasteiger partial charge in [0.2, 0.25) is 0 Å². The van der Waals surface area contributed by atoms with Gasteiger partial charge in [-0.3, -0.25) is 4.79 Å². The molecule has 3 aromatic rings.